The van der Waals surface area contributed by atoms with Crippen LogP contribution < -0.4 is 11.1 Å². The van der Waals surface area contributed by atoms with Crippen molar-refractivity contribution in [1.82, 2.24) is 9.55 Å². The molecule has 1 heterocycles. The van der Waals surface area contributed by atoms with Crippen LogP contribution in [0.15, 0.2) is 30.7 Å². The molecule has 0 fully saturated rings. The molecule has 1 aromatic heterocycles. The molecule has 2 rings (SSSR count). The Kier molecular flexibility index (Phi) is 2.82. The standard InChI is InChI=1S/C12H14N4O/c1-8-3-4-9(13)10(5-8)15-12(17)11-6-14-7-16(11)2/h3-7H,13H2,1-2H3,(H,15,17). The number of nitrogens with two attached hydrogens (primary N) is 1. The first kappa shape index (κ1) is 11.2. The zero-order valence-electron chi connectivity index (χ0n) is 9.77. The number of benzene rings is 1. The van der Waals surface area contributed by atoms with E-state index in [1.165, 1.54) is 6.20 Å². The highest BCUT2D eigenvalue weighted by molar-refractivity contribution is 6.04. The van der Waals surface area contributed by atoms with Gasteiger partial charge in [0.05, 0.1) is 23.9 Å². The van der Waals surface area contributed by atoms with Crippen LogP contribution in [0.2, 0.25) is 0 Å². The lowest BCUT2D eigenvalue weighted by Crippen LogP contribution is -2.16. The third kappa shape index (κ3) is 2.28. The van der Waals surface area contributed by atoms with Crippen LogP contribution in [-0.2, 0) is 7.05 Å². The van der Waals surface area contributed by atoms with Crippen molar-refractivity contribution in [3.63, 3.8) is 0 Å². The zero-order valence-corrected chi connectivity index (χ0v) is 9.77. The van der Waals surface area contributed by atoms with Crippen molar-refractivity contribution < 1.29 is 4.79 Å². The van der Waals surface area contributed by atoms with Crippen molar-refractivity contribution in [3.05, 3.63) is 42.0 Å². The van der Waals surface area contributed by atoms with Crippen LogP contribution in [0.1, 0.15) is 16.1 Å². The Balaban J connectivity index is 2.24. The zero-order chi connectivity index (χ0) is 12.4. The number of amides is 1. The molecule has 1 amide bonds. The summed E-state index contributed by atoms with van der Waals surface area (Å²) < 4.78 is 1.65. The number of anilines is 2. The first-order chi connectivity index (χ1) is 8.08. The smallest absolute Gasteiger partial charge is 0.273 e. The molecule has 1 aromatic carbocycles. The number of hydrogen-bond acceptors (Lipinski definition) is 3. The van der Waals surface area contributed by atoms with Crippen LogP contribution in [-0.4, -0.2) is 15.5 Å². The first-order valence-corrected chi connectivity index (χ1v) is 5.21. The van der Waals surface area contributed by atoms with Crippen molar-refractivity contribution in [2.24, 2.45) is 7.05 Å². The second kappa shape index (κ2) is 4.29. The van der Waals surface area contributed by atoms with E-state index in [0.29, 0.717) is 17.1 Å². The van der Waals surface area contributed by atoms with Gasteiger partial charge >= 0.3 is 0 Å². The lowest BCUT2D eigenvalue weighted by atomic mass is 10.2. The highest BCUT2D eigenvalue weighted by Gasteiger charge is 2.11. The number of aromatic nitrogens is 2. The fourth-order valence-corrected chi connectivity index (χ4v) is 1.54. The molecule has 0 bridgehead atoms. The van der Waals surface area contributed by atoms with E-state index in [1.807, 2.05) is 19.1 Å². The van der Waals surface area contributed by atoms with Crippen molar-refractivity contribution in [3.8, 4) is 0 Å². The minimum Gasteiger partial charge on any atom is -0.397 e. The number of carbonyl (C=O) groups excluding carboxylic acids is 1. The topological polar surface area (TPSA) is 72.9 Å². The van der Waals surface area contributed by atoms with Gasteiger partial charge in [-0.25, -0.2) is 4.98 Å². The molecule has 0 unspecified atom stereocenters. The number of nitrogens with one attached hydrogen (secondary N) is 1. The maximum Gasteiger partial charge on any atom is 0.273 e. The van der Waals surface area contributed by atoms with Gasteiger partial charge in [-0.15, -0.1) is 0 Å². The average molecular weight is 230 g/mol. The van der Waals surface area contributed by atoms with E-state index in [0.717, 1.165) is 5.56 Å². The summed E-state index contributed by atoms with van der Waals surface area (Å²) in [6, 6.07) is 5.51. The summed E-state index contributed by atoms with van der Waals surface area (Å²) in [5.41, 5.74) is 8.49. The summed E-state index contributed by atoms with van der Waals surface area (Å²) in [6.07, 6.45) is 3.09. The number of nitrogen functional groups attached to an aromatic ring is 1. The quantitative estimate of drug-likeness (QED) is 0.769. The van der Waals surface area contributed by atoms with E-state index in [4.69, 9.17) is 5.73 Å². The van der Waals surface area contributed by atoms with Gasteiger partial charge in [-0.3, -0.25) is 4.79 Å². The predicted octanol–water partition coefficient (Wildman–Crippen LogP) is 1.56. The molecule has 0 radical (unpaired) electrons. The first-order valence-electron chi connectivity index (χ1n) is 5.21. The van der Waals surface area contributed by atoms with E-state index in [9.17, 15) is 4.79 Å². The molecular weight excluding hydrogens is 216 g/mol. The third-order valence-corrected chi connectivity index (χ3v) is 2.51. The summed E-state index contributed by atoms with van der Waals surface area (Å²) in [7, 11) is 1.77. The molecule has 0 atom stereocenters. The summed E-state index contributed by atoms with van der Waals surface area (Å²) in [4.78, 5) is 15.8. The maximum atomic E-state index is 11.9. The van der Waals surface area contributed by atoms with Gasteiger partial charge in [0, 0.05) is 7.05 Å². The molecule has 0 spiro atoms. The molecule has 0 aliphatic carbocycles. The Morgan fingerprint density at radius 1 is 1.47 bits per heavy atom. The molecular formula is C12H14N4O. The predicted molar refractivity (Wildman–Crippen MR) is 66.8 cm³/mol. The average Bonchev–Trinajstić information content (AvgIpc) is 2.70. The number of hydrogen-bond donors (Lipinski definition) is 2. The van der Waals surface area contributed by atoms with Crippen molar-refractivity contribution >= 4 is 17.3 Å². The second-order valence-electron chi connectivity index (χ2n) is 3.93. The molecule has 5 nitrogen and oxygen atoms in total. The largest absolute Gasteiger partial charge is 0.397 e. The Hall–Kier alpha value is -2.30. The van der Waals surface area contributed by atoms with Gasteiger partial charge in [-0.05, 0) is 24.6 Å². The molecule has 0 aliphatic rings. The maximum absolute atomic E-state index is 11.9. The summed E-state index contributed by atoms with van der Waals surface area (Å²) in [6.45, 7) is 1.94. The third-order valence-electron chi connectivity index (χ3n) is 2.51. The molecule has 0 aliphatic heterocycles. The molecule has 0 saturated heterocycles. The van der Waals surface area contributed by atoms with E-state index in [1.54, 1.807) is 24.0 Å². The van der Waals surface area contributed by atoms with Gasteiger partial charge in [-0.2, -0.15) is 0 Å². The van der Waals surface area contributed by atoms with Crippen molar-refractivity contribution in [2.75, 3.05) is 11.1 Å². The minimum atomic E-state index is -0.220. The summed E-state index contributed by atoms with van der Waals surface area (Å²) in [5.74, 6) is -0.220. The Morgan fingerprint density at radius 2 is 2.24 bits per heavy atom. The van der Waals surface area contributed by atoms with Gasteiger partial charge < -0.3 is 15.6 Å². The Bertz CT molecular complexity index is 559. The molecule has 5 heteroatoms. The lowest BCUT2D eigenvalue weighted by molar-refractivity contribution is 0.101. The number of carbonyl (C=O) groups is 1. The second-order valence-corrected chi connectivity index (χ2v) is 3.93. The molecule has 3 N–H and O–H groups in total. The van der Waals surface area contributed by atoms with E-state index >= 15 is 0 Å². The van der Waals surface area contributed by atoms with Gasteiger partial charge in [0.2, 0.25) is 0 Å². The van der Waals surface area contributed by atoms with Crippen LogP contribution >= 0.6 is 0 Å². The van der Waals surface area contributed by atoms with Gasteiger partial charge in [0.25, 0.3) is 5.91 Å². The van der Waals surface area contributed by atoms with Gasteiger partial charge in [-0.1, -0.05) is 6.07 Å². The highest BCUT2D eigenvalue weighted by atomic mass is 16.2. The normalized spacial score (nSPS) is 10.2. The molecule has 0 saturated carbocycles. The van der Waals surface area contributed by atoms with Crippen LogP contribution in [0, 0.1) is 6.92 Å². The number of nitrogens with zero attached hydrogens (tertiary/aromatic N) is 2. The van der Waals surface area contributed by atoms with Gasteiger partial charge in [0.1, 0.15) is 5.69 Å². The summed E-state index contributed by atoms with van der Waals surface area (Å²) >= 11 is 0. The van der Waals surface area contributed by atoms with Crippen LogP contribution in [0.3, 0.4) is 0 Å². The van der Waals surface area contributed by atoms with E-state index in [-0.39, 0.29) is 5.91 Å². The Morgan fingerprint density at radius 3 is 2.88 bits per heavy atom. The number of imidazole rings is 1. The molecule has 17 heavy (non-hydrogen) atoms. The van der Waals surface area contributed by atoms with E-state index in [2.05, 4.69) is 10.3 Å². The van der Waals surface area contributed by atoms with Crippen molar-refractivity contribution in [2.45, 2.75) is 6.92 Å². The van der Waals surface area contributed by atoms with Crippen LogP contribution in [0.25, 0.3) is 0 Å². The molecule has 88 valence electrons. The SMILES string of the molecule is Cc1ccc(N)c(NC(=O)c2cncn2C)c1. The lowest BCUT2D eigenvalue weighted by Gasteiger charge is -2.09. The van der Waals surface area contributed by atoms with Crippen molar-refractivity contribution in [1.29, 1.82) is 0 Å². The highest BCUT2D eigenvalue weighted by Crippen LogP contribution is 2.20. The monoisotopic (exact) mass is 230 g/mol. The van der Waals surface area contributed by atoms with Crippen LogP contribution in [0.4, 0.5) is 11.4 Å². The van der Waals surface area contributed by atoms with E-state index < -0.39 is 0 Å². The molecule has 2 aromatic rings. The minimum absolute atomic E-state index is 0.220. The summed E-state index contributed by atoms with van der Waals surface area (Å²) in [5, 5.41) is 2.77. The number of aryl methyl sites for hydroxylation is 2. The number of rotatable bonds is 2. The fraction of sp³-hybridized carbons (Fsp3) is 0.167. The van der Waals surface area contributed by atoms with Gasteiger partial charge in [0.15, 0.2) is 0 Å². The van der Waals surface area contributed by atoms with Crippen LogP contribution in [0.5, 0.6) is 0 Å². The Labute approximate surface area is 99.3 Å². The fourth-order valence-electron chi connectivity index (χ4n) is 1.54.